The molecule has 92 valence electrons. The highest BCUT2D eigenvalue weighted by Gasteiger charge is 2.05. The van der Waals surface area contributed by atoms with Crippen molar-refractivity contribution in [2.75, 3.05) is 20.8 Å². The summed E-state index contributed by atoms with van der Waals surface area (Å²) in [5.74, 6) is 0.779. The van der Waals surface area contributed by atoms with E-state index < -0.39 is 6.09 Å². The Hall–Kier alpha value is -2.04. The molecule has 0 aliphatic carbocycles. The zero-order valence-corrected chi connectivity index (χ0v) is 10.2. The first kappa shape index (κ1) is 13.0. The molecule has 0 spiro atoms. The highest BCUT2D eigenvalue weighted by Crippen LogP contribution is 2.09. The van der Waals surface area contributed by atoms with E-state index in [1.54, 1.807) is 20.2 Å². The minimum atomic E-state index is -0.475. The van der Waals surface area contributed by atoms with Crippen LogP contribution < -0.4 is 4.74 Å². The highest BCUT2D eigenvalue weighted by molar-refractivity contribution is 5.80. The molecule has 0 fully saturated rings. The summed E-state index contributed by atoms with van der Waals surface area (Å²) in [7, 11) is 3.15. The first-order valence-electron chi connectivity index (χ1n) is 5.26. The Morgan fingerprint density at radius 3 is 2.59 bits per heavy atom. The van der Waals surface area contributed by atoms with Gasteiger partial charge in [0.25, 0.3) is 0 Å². The number of hydrogen-bond acceptors (Lipinski definition) is 4. The minimum Gasteiger partial charge on any atom is -0.497 e. The van der Waals surface area contributed by atoms with E-state index in [1.807, 2.05) is 24.3 Å². The predicted octanol–water partition coefficient (Wildman–Crippen LogP) is 2.12. The van der Waals surface area contributed by atoms with E-state index in [4.69, 9.17) is 9.47 Å². The van der Waals surface area contributed by atoms with Crippen LogP contribution in [-0.2, 0) is 4.74 Å². The second kappa shape index (κ2) is 6.52. The van der Waals surface area contributed by atoms with Crippen molar-refractivity contribution < 1.29 is 14.3 Å². The van der Waals surface area contributed by atoms with Gasteiger partial charge < -0.3 is 9.47 Å². The fourth-order valence-corrected chi connectivity index (χ4v) is 1.11. The van der Waals surface area contributed by atoms with Crippen LogP contribution >= 0.6 is 0 Å². The Bertz CT molecular complexity index is 387. The Morgan fingerprint density at radius 2 is 2.06 bits per heavy atom. The number of rotatable bonds is 4. The van der Waals surface area contributed by atoms with E-state index >= 15 is 0 Å². The van der Waals surface area contributed by atoms with Crippen LogP contribution in [0.2, 0.25) is 0 Å². The molecule has 1 amide bonds. The summed E-state index contributed by atoms with van der Waals surface area (Å²) in [6, 6.07) is 7.35. The standard InChI is InChI=1S/C12H16N2O3/c1-4-17-12(15)14(2)13-9-10-5-7-11(16-3)8-6-10/h5-9H,4H2,1-3H3. The predicted molar refractivity (Wildman–Crippen MR) is 65.4 cm³/mol. The van der Waals surface area contributed by atoms with Gasteiger partial charge in [-0.05, 0) is 36.8 Å². The maximum absolute atomic E-state index is 11.2. The third-order valence-electron chi connectivity index (χ3n) is 2.03. The molecule has 0 saturated heterocycles. The molecule has 0 aromatic heterocycles. The van der Waals surface area contributed by atoms with Gasteiger partial charge in [-0.2, -0.15) is 5.10 Å². The largest absolute Gasteiger partial charge is 0.497 e. The summed E-state index contributed by atoms with van der Waals surface area (Å²) in [6.07, 6.45) is 1.10. The second-order valence-corrected chi connectivity index (χ2v) is 3.24. The van der Waals surface area contributed by atoms with Crippen molar-refractivity contribution in [2.24, 2.45) is 5.10 Å². The Labute approximate surface area is 101 Å². The summed E-state index contributed by atoms with van der Waals surface area (Å²) in [5, 5.41) is 5.11. The van der Waals surface area contributed by atoms with Crippen molar-refractivity contribution in [3.05, 3.63) is 29.8 Å². The molecular weight excluding hydrogens is 220 g/mol. The molecule has 0 atom stereocenters. The van der Waals surface area contributed by atoms with Crippen molar-refractivity contribution in [1.82, 2.24) is 5.01 Å². The smallest absolute Gasteiger partial charge is 0.430 e. The molecular formula is C12H16N2O3. The number of carbonyl (C=O) groups is 1. The molecule has 0 aliphatic rings. The van der Waals surface area contributed by atoms with Crippen LogP contribution in [0.3, 0.4) is 0 Å². The number of nitrogens with zero attached hydrogens (tertiary/aromatic N) is 2. The van der Waals surface area contributed by atoms with Crippen LogP contribution in [0.5, 0.6) is 5.75 Å². The maximum atomic E-state index is 11.2. The van der Waals surface area contributed by atoms with Gasteiger partial charge in [-0.15, -0.1) is 0 Å². The lowest BCUT2D eigenvalue weighted by Crippen LogP contribution is -2.22. The van der Waals surface area contributed by atoms with E-state index in [-0.39, 0.29) is 0 Å². The van der Waals surface area contributed by atoms with Crippen LogP contribution in [0.1, 0.15) is 12.5 Å². The third kappa shape index (κ3) is 4.14. The van der Waals surface area contributed by atoms with Crippen molar-refractivity contribution in [1.29, 1.82) is 0 Å². The molecule has 1 aromatic carbocycles. The van der Waals surface area contributed by atoms with Crippen molar-refractivity contribution in [3.8, 4) is 5.75 Å². The number of benzene rings is 1. The Morgan fingerprint density at radius 1 is 1.41 bits per heavy atom. The molecule has 5 heteroatoms. The monoisotopic (exact) mass is 236 g/mol. The number of ether oxygens (including phenoxy) is 2. The molecule has 0 saturated carbocycles. The zero-order valence-electron chi connectivity index (χ0n) is 10.2. The molecule has 0 aliphatic heterocycles. The highest BCUT2D eigenvalue weighted by atomic mass is 16.6. The summed E-state index contributed by atoms with van der Waals surface area (Å²) in [4.78, 5) is 11.2. The van der Waals surface area contributed by atoms with Gasteiger partial charge in [0.05, 0.1) is 19.9 Å². The van der Waals surface area contributed by atoms with Gasteiger partial charge >= 0.3 is 6.09 Å². The van der Waals surface area contributed by atoms with Crippen molar-refractivity contribution >= 4 is 12.3 Å². The average molecular weight is 236 g/mol. The molecule has 5 nitrogen and oxygen atoms in total. The molecule has 1 rings (SSSR count). The maximum Gasteiger partial charge on any atom is 0.430 e. The SMILES string of the molecule is CCOC(=O)N(C)N=Cc1ccc(OC)cc1. The van der Waals surface area contributed by atoms with E-state index in [0.717, 1.165) is 16.3 Å². The van der Waals surface area contributed by atoms with Gasteiger partial charge in [-0.25, -0.2) is 9.80 Å². The van der Waals surface area contributed by atoms with Crippen LogP contribution in [0.15, 0.2) is 29.4 Å². The van der Waals surface area contributed by atoms with Gasteiger partial charge in [-0.1, -0.05) is 0 Å². The fourth-order valence-electron chi connectivity index (χ4n) is 1.11. The van der Waals surface area contributed by atoms with Crippen LogP contribution in [0.4, 0.5) is 4.79 Å². The van der Waals surface area contributed by atoms with E-state index in [1.165, 1.54) is 7.05 Å². The number of amides is 1. The summed E-state index contributed by atoms with van der Waals surface area (Å²) in [5.41, 5.74) is 0.877. The summed E-state index contributed by atoms with van der Waals surface area (Å²) >= 11 is 0. The fraction of sp³-hybridized carbons (Fsp3) is 0.333. The zero-order chi connectivity index (χ0) is 12.7. The number of hydrazone groups is 1. The minimum absolute atomic E-state index is 0.335. The molecule has 17 heavy (non-hydrogen) atoms. The molecule has 0 N–H and O–H groups in total. The van der Waals surface area contributed by atoms with Crippen molar-refractivity contribution in [2.45, 2.75) is 6.92 Å². The lowest BCUT2D eigenvalue weighted by Gasteiger charge is -2.09. The second-order valence-electron chi connectivity index (χ2n) is 3.24. The molecule has 0 radical (unpaired) electrons. The molecule has 0 unspecified atom stereocenters. The topological polar surface area (TPSA) is 51.1 Å². The first-order chi connectivity index (χ1) is 8.17. The van der Waals surface area contributed by atoms with Gasteiger partial charge in [0.15, 0.2) is 0 Å². The van der Waals surface area contributed by atoms with E-state index in [2.05, 4.69) is 5.10 Å². The van der Waals surface area contributed by atoms with E-state index in [9.17, 15) is 4.79 Å². The van der Waals surface area contributed by atoms with Crippen LogP contribution in [-0.4, -0.2) is 38.1 Å². The molecule has 1 aromatic rings. The van der Waals surface area contributed by atoms with Crippen LogP contribution in [0.25, 0.3) is 0 Å². The average Bonchev–Trinajstić information content (AvgIpc) is 2.36. The molecule has 0 bridgehead atoms. The number of methoxy groups -OCH3 is 1. The Kier molecular flexibility index (Phi) is 5.00. The summed E-state index contributed by atoms with van der Waals surface area (Å²) in [6.45, 7) is 2.08. The van der Waals surface area contributed by atoms with Crippen molar-refractivity contribution in [3.63, 3.8) is 0 Å². The van der Waals surface area contributed by atoms with E-state index in [0.29, 0.717) is 6.61 Å². The number of hydrogen-bond donors (Lipinski definition) is 0. The Balaban J connectivity index is 2.60. The summed E-state index contributed by atoms with van der Waals surface area (Å²) < 4.78 is 9.82. The normalized spacial score (nSPS) is 10.3. The van der Waals surface area contributed by atoms with Gasteiger partial charge in [-0.3, -0.25) is 0 Å². The number of carbonyl (C=O) groups excluding carboxylic acids is 1. The molecule has 0 heterocycles. The third-order valence-corrected chi connectivity index (χ3v) is 2.03. The lowest BCUT2D eigenvalue weighted by molar-refractivity contribution is 0.117. The van der Waals surface area contributed by atoms with Gasteiger partial charge in [0.2, 0.25) is 0 Å². The van der Waals surface area contributed by atoms with Gasteiger partial charge in [0.1, 0.15) is 5.75 Å². The first-order valence-corrected chi connectivity index (χ1v) is 5.26. The lowest BCUT2D eigenvalue weighted by atomic mass is 10.2. The quantitative estimate of drug-likeness (QED) is 0.594. The van der Waals surface area contributed by atoms with Gasteiger partial charge in [0, 0.05) is 7.05 Å². The van der Waals surface area contributed by atoms with Crippen LogP contribution in [0, 0.1) is 0 Å².